The van der Waals surface area contributed by atoms with Gasteiger partial charge in [-0.25, -0.2) is 15.1 Å². The van der Waals surface area contributed by atoms with Crippen molar-refractivity contribution in [3.8, 4) is 11.8 Å². The van der Waals surface area contributed by atoms with Crippen LogP contribution in [0.1, 0.15) is 34.3 Å². The Balaban J connectivity index is 1.18. The normalized spacial score (nSPS) is 17.5. The molecule has 1 atom stereocenters. The van der Waals surface area contributed by atoms with E-state index in [0.29, 0.717) is 61.2 Å². The number of nitrogens with one attached hydrogen (secondary N) is 1. The molecule has 2 fully saturated rings. The number of carbonyl (C=O) groups is 1. The molecule has 3 aromatic rings. The Hall–Kier alpha value is -4.46. The number of anilines is 2. The van der Waals surface area contributed by atoms with Gasteiger partial charge in [0.05, 0.1) is 35.9 Å². The zero-order chi connectivity index (χ0) is 25.8. The Morgan fingerprint density at radius 2 is 1.95 bits per heavy atom. The van der Waals surface area contributed by atoms with Gasteiger partial charge in [0.1, 0.15) is 18.4 Å². The minimum Gasteiger partial charge on any atom is -0.491 e. The summed E-state index contributed by atoms with van der Waals surface area (Å²) in [7, 11) is 0. The number of rotatable bonds is 6. The van der Waals surface area contributed by atoms with Crippen molar-refractivity contribution < 1.29 is 9.53 Å². The molecule has 2 aliphatic rings. The van der Waals surface area contributed by atoms with Crippen molar-refractivity contribution in [2.24, 2.45) is 0 Å². The highest BCUT2D eigenvalue weighted by Gasteiger charge is 2.28. The second-order valence-corrected chi connectivity index (χ2v) is 9.20. The summed E-state index contributed by atoms with van der Waals surface area (Å²) in [4.78, 5) is 39.7. The Kier molecular flexibility index (Phi) is 6.98. The summed E-state index contributed by atoms with van der Waals surface area (Å²) in [6.45, 7) is 5.43. The molecule has 2 aromatic heterocycles. The summed E-state index contributed by atoms with van der Waals surface area (Å²) in [5, 5.41) is 15.4. The molecule has 0 unspecified atom stereocenters. The molecule has 37 heavy (non-hydrogen) atoms. The lowest BCUT2D eigenvalue weighted by atomic mass is 10.1. The molecule has 2 aliphatic heterocycles. The third-order valence-electron chi connectivity index (χ3n) is 6.90. The van der Waals surface area contributed by atoms with E-state index < -0.39 is 0 Å². The number of hydrogen-bond donors (Lipinski definition) is 1. The van der Waals surface area contributed by atoms with E-state index in [0.717, 1.165) is 25.1 Å². The van der Waals surface area contributed by atoms with Gasteiger partial charge in [0, 0.05) is 43.9 Å². The lowest BCUT2D eigenvalue weighted by Gasteiger charge is -2.34. The van der Waals surface area contributed by atoms with Crippen molar-refractivity contribution >= 4 is 17.5 Å². The van der Waals surface area contributed by atoms with E-state index in [9.17, 15) is 9.59 Å². The van der Waals surface area contributed by atoms with E-state index in [4.69, 9.17) is 10.00 Å². The lowest BCUT2D eigenvalue weighted by molar-refractivity contribution is 0.0745. The van der Waals surface area contributed by atoms with Crippen LogP contribution < -0.4 is 20.1 Å². The fraction of sp³-hybridized carbons (Fsp3) is 0.385. The Bertz CT molecular complexity index is 1360. The third-order valence-corrected chi connectivity index (χ3v) is 6.90. The lowest BCUT2D eigenvalue weighted by Crippen LogP contribution is -2.49. The zero-order valence-electron chi connectivity index (χ0n) is 20.6. The summed E-state index contributed by atoms with van der Waals surface area (Å²) in [5.41, 5.74) is 2.31. The van der Waals surface area contributed by atoms with E-state index in [1.54, 1.807) is 25.3 Å². The van der Waals surface area contributed by atoms with Gasteiger partial charge in [-0.15, -0.1) is 0 Å². The molecule has 0 spiro atoms. The molecule has 11 heteroatoms. The van der Waals surface area contributed by atoms with E-state index in [-0.39, 0.29) is 17.5 Å². The van der Waals surface area contributed by atoms with E-state index >= 15 is 0 Å². The third kappa shape index (κ3) is 5.23. The summed E-state index contributed by atoms with van der Waals surface area (Å²) >= 11 is 0. The SMILES string of the molecule is Cc1c(N2CCC[C@@H]2COc2cccc(C(=O)N3CCN(c4ncc(C#N)cn4)CC3)c2)cn[nH]c1=O. The Morgan fingerprint density at radius 3 is 2.70 bits per heavy atom. The first-order chi connectivity index (χ1) is 18.0. The van der Waals surface area contributed by atoms with Crippen LogP contribution in [0, 0.1) is 18.3 Å². The molecular formula is C26H28N8O3. The van der Waals surface area contributed by atoms with Gasteiger partial charge in [0.2, 0.25) is 5.95 Å². The average Bonchev–Trinajstić information content (AvgIpc) is 3.42. The minimum absolute atomic E-state index is 0.0430. The number of ether oxygens (including phenoxy) is 1. The summed E-state index contributed by atoms with van der Waals surface area (Å²) in [6.07, 6.45) is 6.68. The van der Waals surface area contributed by atoms with Gasteiger partial charge in [0.25, 0.3) is 11.5 Å². The molecule has 4 heterocycles. The number of hydrogen-bond acceptors (Lipinski definition) is 9. The van der Waals surface area contributed by atoms with Crippen LogP contribution in [0.25, 0.3) is 0 Å². The maximum Gasteiger partial charge on any atom is 0.269 e. The van der Waals surface area contributed by atoms with E-state index in [2.05, 4.69) is 25.1 Å². The summed E-state index contributed by atoms with van der Waals surface area (Å²) in [5.74, 6) is 1.16. The standard InChI is InChI=1S/C26H28N8O3/c1-18-23(16-30-31-24(18)35)34-7-3-5-21(34)17-37-22-6-2-4-20(12-22)25(36)32-8-10-33(11-9-32)26-28-14-19(13-27)15-29-26/h2,4,6,12,14-16,21H,3,5,7-11,17H2,1H3,(H,31,35)/t21-/m1/s1. The first-order valence-corrected chi connectivity index (χ1v) is 12.3. The monoisotopic (exact) mass is 500 g/mol. The molecule has 0 radical (unpaired) electrons. The maximum atomic E-state index is 13.2. The molecular weight excluding hydrogens is 472 g/mol. The summed E-state index contributed by atoms with van der Waals surface area (Å²) in [6, 6.07) is 9.43. The topological polar surface area (TPSA) is 131 Å². The Labute approximate surface area is 214 Å². The number of nitrogens with zero attached hydrogens (tertiary/aromatic N) is 7. The summed E-state index contributed by atoms with van der Waals surface area (Å²) < 4.78 is 6.12. The van der Waals surface area contributed by atoms with Gasteiger partial charge in [-0.3, -0.25) is 9.59 Å². The predicted molar refractivity (Wildman–Crippen MR) is 137 cm³/mol. The highest BCUT2D eigenvalue weighted by atomic mass is 16.5. The molecule has 1 amide bonds. The molecule has 1 N–H and O–H groups in total. The highest BCUT2D eigenvalue weighted by Crippen LogP contribution is 2.27. The molecule has 11 nitrogen and oxygen atoms in total. The first kappa shape index (κ1) is 24.2. The smallest absolute Gasteiger partial charge is 0.269 e. The van der Waals surface area contributed by atoms with Crippen molar-refractivity contribution in [3.63, 3.8) is 0 Å². The van der Waals surface area contributed by atoms with Gasteiger partial charge in [-0.05, 0) is 38.0 Å². The van der Waals surface area contributed by atoms with Crippen LogP contribution in [0.4, 0.5) is 11.6 Å². The molecule has 5 rings (SSSR count). The van der Waals surface area contributed by atoms with Crippen LogP contribution in [-0.2, 0) is 0 Å². The Morgan fingerprint density at radius 1 is 1.16 bits per heavy atom. The van der Waals surface area contributed by atoms with Crippen LogP contribution >= 0.6 is 0 Å². The second kappa shape index (κ2) is 10.7. The molecule has 2 saturated heterocycles. The van der Waals surface area contributed by atoms with Crippen LogP contribution in [0.3, 0.4) is 0 Å². The number of H-pyrrole nitrogens is 1. The average molecular weight is 501 g/mol. The minimum atomic E-state index is -0.180. The highest BCUT2D eigenvalue weighted by molar-refractivity contribution is 5.94. The fourth-order valence-electron chi connectivity index (χ4n) is 4.81. The molecule has 0 bridgehead atoms. The van der Waals surface area contributed by atoms with E-state index in [1.165, 1.54) is 12.4 Å². The van der Waals surface area contributed by atoms with Gasteiger partial charge in [-0.2, -0.15) is 10.4 Å². The number of carbonyl (C=O) groups excluding carboxylic acids is 1. The number of amides is 1. The number of benzene rings is 1. The number of piperazine rings is 1. The largest absolute Gasteiger partial charge is 0.491 e. The molecule has 1 aromatic carbocycles. The predicted octanol–water partition coefficient (Wildman–Crippen LogP) is 1.75. The van der Waals surface area contributed by atoms with Gasteiger partial charge in [0.15, 0.2) is 0 Å². The molecule has 0 aliphatic carbocycles. The zero-order valence-corrected chi connectivity index (χ0v) is 20.6. The van der Waals surface area contributed by atoms with Crippen LogP contribution in [0.2, 0.25) is 0 Å². The second-order valence-electron chi connectivity index (χ2n) is 9.20. The number of aromatic nitrogens is 4. The quantitative estimate of drug-likeness (QED) is 0.538. The van der Waals surface area contributed by atoms with Crippen LogP contribution in [0.15, 0.2) is 47.7 Å². The maximum absolute atomic E-state index is 13.2. The fourth-order valence-corrected chi connectivity index (χ4v) is 4.81. The number of nitriles is 1. The van der Waals surface area contributed by atoms with Crippen molar-refractivity contribution in [2.45, 2.75) is 25.8 Å². The van der Waals surface area contributed by atoms with Crippen molar-refractivity contribution in [2.75, 3.05) is 49.1 Å². The van der Waals surface area contributed by atoms with Gasteiger partial charge < -0.3 is 19.4 Å². The van der Waals surface area contributed by atoms with Crippen molar-refractivity contribution in [3.05, 3.63) is 69.9 Å². The number of aromatic amines is 1. The van der Waals surface area contributed by atoms with E-state index in [1.807, 2.05) is 28.0 Å². The first-order valence-electron chi connectivity index (χ1n) is 12.3. The van der Waals surface area contributed by atoms with Crippen LogP contribution in [-0.4, -0.2) is 76.3 Å². The molecule has 0 saturated carbocycles. The molecule has 190 valence electrons. The van der Waals surface area contributed by atoms with Crippen LogP contribution in [0.5, 0.6) is 5.75 Å². The van der Waals surface area contributed by atoms with Gasteiger partial charge >= 0.3 is 0 Å². The van der Waals surface area contributed by atoms with Gasteiger partial charge in [-0.1, -0.05) is 6.07 Å². The van der Waals surface area contributed by atoms with Crippen molar-refractivity contribution in [1.29, 1.82) is 5.26 Å². The van der Waals surface area contributed by atoms with Crippen molar-refractivity contribution in [1.82, 2.24) is 25.1 Å².